The number of pyridine rings is 1. The zero-order valence-corrected chi connectivity index (χ0v) is 17.5. The number of benzene rings is 1. The summed E-state index contributed by atoms with van der Waals surface area (Å²) < 4.78 is 1.54. The summed E-state index contributed by atoms with van der Waals surface area (Å²) in [6, 6.07) is 12.5. The van der Waals surface area contributed by atoms with Gasteiger partial charge in [0.25, 0.3) is 11.5 Å². The van der Waals surface area contributed by atoms with Crippen molar-refractivity contribution in [2.24, 2.45) is 5.92 Å². The van der Waals surface area contributed by atoms with E-state index >= 15 is 0 Å². The molecule has 1 fully saturated rings. The van der Waals surface area contributed by atoms with E-state index in [1.165, 1.54) is 0 Å². The van der Waals surface area contributed by atoms with Gasteiger partial charge >= 0.3 is 0 Å². The SMILES string of the molecule is O=C(c1ccc2nccnc2c1)N1CCC(Cn2nc(-c3ccncc3)ccc2=O)CC1. The van der Waals surface area contributed by atoms with Crippen LogP contribution in [0.1, 0.15) is 23.2 Å². The van der Waals surface area contributed by atoms with Gasteiger partial charge in [0.1, 0.15) is 0 Å². The Bertz CT molecular complexity index is 1310. The second-order valence-corrected chi connectivity index (χ2v) is 7.97. The van der Waals surface area contributed by atoms with Gasteiger partial charge in [-0.05, 0) is 55.2 Å². The second-order valence-electron chi connectivity index (χ2n) is 7.97. The number of aromatic nitrogens is 5. The largest absolute Gasteiger partial charge is 0.339 e. The molecule has 3 aromatic heterocycles. The van der Waals surface area contributed by atoms with Crippen molar-refractivity contribution in [2.75, 3.05) is 13.1 Å². The fraction of sp³-hybridized carbons (Fsp3) is 0.250. The zero-order chi connectivity index (χ0) is 21.9. The topological polar surface area (TPSA) is 93.9 Å². The van der Waals surface area contributed by atoms with Crippen LogP contribution < -0.4 is 5.56 Å². The molecule has 0 aliphatic carbocycles. The van der Waals surface area contributed by atoms with Gasteiger partial charge in [0, 0.05) is 61.6 Å². The highest BCUT2D eigenvalue weighted by atomic mass is 16.2. The summed E-state index contributed by atoms with van der Waals surface area (Å²) >= 11 is 0. The number of fused-ring (bicyclic) bond motifs is 1. The van der Waals surface area contributed by atoms with Crippen molar-refractivity contribution in [3.63, 3.8) is 0 Å². The van der Waals surface area contributed by atoms with Crippen LogP contribution in [0.15, 0.2) is 72.0 Å². The summed E-state index contributed by atoms with van der Waals surface area (Å²) in [5.74, 6) is 0.297. The first-order chi connectivity index (χ1) is 15.7. The van der Waals surface area contributed by atoms with Crippen LogP contribution in [0.5, 0.6) is 0 Å². The molecule has 8 nitrogen and oxygen atoms in total. The minimum Gasteiger partial charge on any atom is -0.339 e. The van der Waals surface area contributed by atoms with E-state index in [1.807, 2.05) is 23.1 Å². The van der Waals surface area contributed by atoms with Crippen LogP contribution in [0.2, 0.25) is 0 Å². The highest BCUT2D eigenvalue weighted by Crippen LogP contribution is 2.22. The van der Waals surface area contributed by atoms with E-state index in [2.05, 4.69) is 20.1 Å². The molecule has 1 saturated heterocycles. The minimum absolute atomic E-state index is 0.00554. The number of nitrogens with zero attached hydrogens (tertiary/aromatic N) is 6. The summed E-state index contributed by atoms with van der Waals surface area (Å²) in [7, 11) is 0. The van der Waals surface area contributed by atoms with Gasteiger partial charge in [-0.25, -0.2) is 4.68 Å². The summed E-state index contributed by atoms with van der Waals surface area (Å²) in [6.07, 6.45) is 8.34. The quantitative estimate of drug-likeness (QED) is 0.498. The van der Waals surface area contributed by atoms with Crippen LogP contribution in [0.4, 0.5) is 0 Å². The molecule has 0 N–H and O–H groups in total. The van der Waals surface area contributed by atoms with Gasteiger partial charge in [0.15, 0.2) is 0 Å². The van der Waals surface area contributed by atoms with E-state index in [0.717, 1.165) is 29.6 Å². The van der Waals surface area contributed by atoms with Crippen molar-refractivity contribution in [3.8, 4) is 11.3 Å². The number of carbonyl (C=O) groups is 1. The average molecular weight is 426 g/mol. The molecule has 1 aromatic carbocycles. The molecule has 1 aliphatic heterocycles. The summed E-state index contributed by atoms with van der Waals surface area (Å²) in [5.41, 5.74) is 3.67. The van der Waals surface area contributed by atoms with Gasteiger partial charge < -0.3 is 4.90 Å². The molecule has 0 saturated carbocycles. The van der Waals surface area contributed by atoms with Gasteiger partial charge in [0.2, 0.25) is 0 Å². The lowest BCUT2D eigenvalue weighted by atomic mass is 9.96. The first kappa shape index (κ1) is 20.0. The Balaban J connectivity index is 1.25. The van der Waals surface area contributed by atoms with Gasteiger partial charge in [-0.15, -0.1) is 0 Å². The van der Waals surface area contributed by atoms with Crippen LogP contribution in [0.25, 0.3) is 22.3 Å². The van der Waals surface area contributed by atoms with E-state index in [1.54, 1.807) is 53.7 Å². The third-order valence-corrected chi connectivity index (χ3v) is 5.89. The molecule has 160 valence electrons. The van der Waals surface area contributed by atoms with E-state index in [4.69, 9.17) is 0 Å². The molecule has 8 heteroatoms. The van der Waals surface area contributed by atoms with Gasteiger partial charge in [-0.3, -0.25) is 24.5 Å². The average Bonchev–Trinajstić information content (AvgIpc) is 2.85. The molecule has 1 amide bonds. The van der Waals surface area contributed by atoms with Crippen molar-refractivity contribution < 1.29 is 4.79 Å². The monoisotopic (exact) mass is 426 g/mol. The van der Waals surface area contributed by atoms with Crippen LogP contribution in [0, 0.1) is 5.92 Å². The minimum atomic E-state index is -0.112. The molecule has 0 spiro atoms. The third kappa shape index (κ3) is 4.12. The maximum Gasteiger partial charge on any atom is 0.266 e. The van der Waals surface area contributed by atoms with E-state index in [9.17, 15) is 9.59 Å². The lowest BCUT2D eigenvalue weighted by molar-refractivity contribution is 0.0680. The van der Waals surface area contributed by atoms with Crippen molar-refractivity contribution in [1.82, 2.24) is 29.6 Å². The Hall–Kier alpha value is -3.94. The predicted octanol–water partition coefficient (Wildman–Crippen LogP) is 2.80. The number of rotatable bonds is 4. The molecule has 0 radical (unpaired) electrons. The molecular weight excluding hydrogens is 404 g/mol. The van der Waals surface area contributed by atoms with E-state index in [0.29, 0.717) is 36.6 Å². The van der Waals surface area contributed by atoms with Crippen molar-refractivity contribution in [1.29, 1.82) is 0 Å². The third-order valence-electron chi connectivity index (χ3n) is 5.89. The van der Waals surface area contributed by atoms with Gasteiger partial charge in [-0.1, -0.05) is 0 Å². The number of hydrogen-bond acceptors (Lipinski definition) is 6. The molecule has 4 aromatic rings. The lowest BCUT2D eigenvalue weighted by Crippen LogP contribution is -2.40. The maximum absolute atomic E-state index is 13.0. The first-order valence-corrected chi connectivity index (χ1v) is 10.7. The maximum atomic E-state index is 13.0. The summed E-state index contributed by atoms with van der Waals surface area (Å²) in [4.78, 5) is 39.8. The lowest BCUT2D eigenvalue weighted by Gasteiger charge is -2.32. The molecule has 4 heterocycles. The smallest absolute Gasteiger partial charge is 0.266 e. The fourth-order valence-corrected chi connectivity index (χ4v) is 4.10. The number of likely N-dealkylation sites (tertiary alicyclic amines) is 1. The van der Waals surface area contributed by atoms with Crippen LogP contribution in [-0.4, -0.2) is 48.6 Å². The Kier molecular flexibility index (Phi) is 5.41. The van der Waals surface area contributed by atoms with Crippen molar-refractivity contribution in [2.45, 2.75) is 19.4 Å². The number of carbonyl (C=O) groups excluding carboxylic acids is 1. The fourth-order valence-electron chi connectivity index (χ4n) is 4.10. The molecule has 5 rings (SSSR count). The Labute approximate surface area is 184 Å². The van der Waals surface area contributed by atoms with E-state index < -0.39 is 0 Å². The first-order valence-electron chi connectivity index (χ1n) is 10.7. The summed E-state index contributed by atoms with van der Waals surface area (Å²) in [5, 5.41) is 4.55. The van der Waals surface area contributed by atoms with E-state index in [-0.39, 0.29) is 11.5 Å². The predicted molar refractivity (Wildman–Crippen MR) is 120 cm³/mol. The molecule has 0 unspecified atom stereocenters. The molecule has 32 heavy (non-hydrogen) atoms. The van der Waals surface area contributed by atoms with Gasteiger partial charge in [0.05, 0.1) is 16.7 Å². The molecular formula is C24H22N6O2. The van der Waals surface area contributed by atoms with Crippen LogP contribution in [0.3, 0.4) is 0 Å². The molecule has 1 aliphatic rings. The molecule has 0 atom stereocenters. The zero-order valence-electron chi connectivity index (χ0n) is 17.5. The Morgan fingerprint density at radius 3 is 2.44 bits per heavy atom. The molecule has 0 bridgehead atoms. The van der Waals surface area contributed by atoms with Crippen LogP contribution >= 0.6 is 0 Å². The number of piperidine rings is 1. The summed E-state index contributed by atoms with van der Waals surface area (Å²) in [6.45, 7) is 1.85. The normalized spacial score (nSPS) is 14.6. The standard InChI is InChI=1S/C24H22N6O2/c31-23-4-3-20(18-5-9-25-10-6-18)28-30(23)16-17-7-13-29(14-8-17)24(32)19-1-2-21-22(15-19)27-12-11-26-21/h1-6,9-12,15,17H,7-8,13-14,16H2. The Morgan fingerprint density at radius 2 is 1.66 bits per heavy atom. The number of amides is 1. The van der Waals surface area contributed by atoms with Crippen LogP contribution in [-0.2, 0) is 6.54 Å². The van der Waals surface area contributed by atoms with Gasteiger partial charge in [-0.2, -0.15) is 5.10 Å². The van der Waals surface area contributed by atoms with Crippen molar-refractivity contribution in [3.05, 3.63) is 83.2 Å². The second kappa shape index (κ2) is 8.66. The highest BCUT2D eigenvalue weighted by Gasteiger charge is 2.24. The highest BCUT2D eigenvalue weighted by molar-refractivity contribution is 5.97. The Morgan fingerprint density at radius 1 is 0.906 bits per heavy atom. The number of hydrogen-bond donors (Lipinski definition) is 0. The van der Waals surface area contributed by atoms with Crippen molar-refractivity contribution >= 4 is 16.9 Å².